The summed E-state index contributed by atoms with van der Waals surface area (Å²) in [6, 6.07) is 2.08. The van der Waals surface area contributed by atoms with Crippen molar-refractivity contribution in [1.29, 1.82) is 0 Å². The second kappa shape index (κ2) is 5.02. The van der Waals surface area contributed by atoms with Crippen LogP contribution in [0.1, 0.15) is 44.2 Å². The minimum atomic E-state index is 0.242. The SMILES string of the molecule is CNCc1ccn(CC2CCC3(CCCC3)O2)n1. The topological polar surface area (TPSA) is 39.1 Å². The van der Waals surface area contributed by atoms with Crippen molar-refractivity contribution in [1.82, 2.24) is 15.1 Å². The van der Waals surface area contributed by atoms with Gasteiger partial charge in [-0.2, -0.15) is 5.10 Å². The van der Waals surface area contributed by atoms with E-state index in [0.717, 1.165) is 18.8 Å². The van der Waals surface area contributed by atoms with Crippen molar-refractivity contribution in [2.45, 2.75) is 63.3 Å². The quantitative estimate of drug-likeness (QED) is 0.888. The van der Waals surface area contributed by atoms with Crippen molar-refractivity contribution in [2.24, 2.45) is 0 Å². The average molecular weight is 249 g/mol. The summed E-state index contributed by atoms with van der Waals surface area (Å²) in [5.74, 6) is 0. The lowest BCUT2D eigenvalue weighted by Crippen LogP contribution is -2.26. The first-order valence-electron chi connectivity index (χ1n) is 7.14. The Hall–Kier alpha value is -0.870. The number of nitrogens with one attached hydrogen (secondary N) is 1. The Bertz CT molecular complexity index is 395. The van der Waals surface area contributed by atoms with Crippen LogP contribution in [0.15, 0.2) is 12.3 Å². The van der Waals surface area contributed by atoms with Gasteiger partial charge in [0.15, 0.2) is 0 Å². The van der Waals surface area contributed by atoms with Gasteiger partial charge in [-0.15, -0.1) is 0 Å². The Morgan fingerprint density at radius 3 is 3.06 bits per heavy atom. The lowest BCUT2D eigenvalue weighted by atomic mass is 9.98. The molecule has 2 aliphatic rings. The van der Waals surface area contributed by atoms with Gasteiger partial charge in [-0.3, -0.25) is 4.68 Å². The van der Waals surface area contributed by atoms with Crippen molar-refractivity contribution in [2.75, 3.05) is 7.05 Å². The smallest absolute Gasteiger partial charge is 0.0779 e. The Balaban J connectivity index is 1.56. The average Bonchev–Trinajstić information content (AvgIpc) is 3.06. The molecule has 1 aliphatic carbocycles. The first-order chi connectivity index (χ1) is 8.80. The summed E-state index contributed by atoms with van der Waals surface area (Å²) in [5, 5.41) is 7.68. The van der Waals surface area contributed by atoms with E-state index in [1.165, 1.54) is 38.5 Å². The molecule has 2 heterocycles. The van der Waals surface area contributed by atoms with Gasteiger partial charge >= 0.3 is 0 Å². The zero-order valence-corrected chi connectivity index (χ0v) is 11.2. The number of aromatic nitrogens is 2. The van der Waals surface area contributed by atoms with Crippen LogP contribution in [0.2, 0.25) is 0 Å². The highest BCUT2D eigenvalue weighted by atomic mass is 16.5. The lowest BCUT2D eigenvalue weighted by Gasteiger charge is -2.23. The molecule has 0 bridgehead atoms. The molecule has 1 aromatic heterocycles. The third-order valence-corrected chi connectivity index (χ3v) is 4.30. The highest BCUT2D eigenvalue weighted by Gasteiger charge is 2.42. The van der Waals surface area contributed by atoms with E-state index in [1.54, 1.807) is 0 Å². The van der Waals surface area contributed by atoms with E-state index >= 15 is 0 Å². The lowest BCUT2D eigenvalue weighted by molar-refractivity contribution is -0.0429. The fourth-order valence-corrected chi connectivity index (χ4v) is 3.40. The number of hydrogen-bond donors (Lipinski definition) is 1. The van der Waals surface area contributed by atoms with Crippen LogP contribution < -0.4 is 5.32 Å². The van der Waals surface area contributed by atoms with Crippen LogP contribution in [0.25, 0.3) is 0 Å². The third-order valence-electron chi connectivity index (χ3n) is 4.30. The fraction of sp³-hybridized carbons (Fsp3) is 0.786. The van der Waals surface area contributed by atoms with Gasteiger partial charge in [0.05, 0.1) is 23.9 Å². The van der Waals surface area contributed by atoms with Gasteiger partial charge in [0.1, 0.15) is 0 Å². The molecule has 0 amide bonds. The van der Waals surface area contributed by atoms with Crippen LogP contribution in [0.3, 0.4) is 0 Å². The maximum absolute atomic E-state index is 6.31. The molecule has 1 saturated heterocycles. The van der Waals surface area contributed by atoms with E-state index in [2.05, 4.69) is 22.7 Å². The first kappa shape index (κ1) is 12.2. The van der Waals surface area contributed by atoms with Gasteiger partial charge in [-0.25, -0.2) is 0 Å². The van der Waals surface area contributed by atoms with Gasteiger partial charge < -0.3 is 10.1 Å². The highest BCUT2D eigenvalue weighted by Crippen LogP contribution is 2.43. The molecule has 1 aliphatic heterocycles. The molecule has 3 rings (SSSR count). The molecule has 2 fully saturated rings. The normalized spacial score (nSPS) is 26.2. The maximum atomic E-state index is 6.31. The summed E-state index contributed by atoms with van der Waals surface area (Å²) in [6.45, 7) is 1.74. The van der Waals surface area contributed by atoms with Gasteiger partial charge in [0.2, 0.25) is 0 Å². The van der Waals surface area contributed by atoms with Crippen LogP contribution in [-0.4, -0.2) is 28.5 Å². The van der Waals surface area contributed by atoms with Gasteiger partial charge in [-0.05, 0) is 38.8 Å². The van der Waals surface area contributed by atoms with E-state index in [0.29, 0.717) is 6.10 Å². The second-order valence-corrected chi connectivity index (χ2v) is 5.73. The number of ether oxygens (including phenoxy) is 1. The van der Waals surface area contributed by atoms with E-state index in [1.807, 2.05) is 11.7 Å². The molecule has 1 spiro atoms. The van der Waals surface area contributed by atoms with Crippen molar-refractivity contribution < 1.29 is 4.74 Å². The molecule has 1 unspecified atom stereocenters. The summed E-state index contributed by atoms with van der Waals surface area (Å²) < 4.78 is 8.34. The molecule has 1 saturated carbocycles. The van der Waals surface area contributed by atoms with Crippen molar-refractivity contribution in [3.05, 3.63) is 18.0 Å². The highest BCUT2D eigenvalue weighted by molar-refractivity contribution is 4.99. The van der Waals surface area contributed by atoms with E-state index in [9.17, 15) is 0 Å². The molecule has 1 N–H and O–H groups in total. The second-order valence-electron chi connectivity index (χ2n) is 5.73. The Morgan fingerprint density at radius 1 is 1.44 bits per heavy atom. The minimum absolute atomic E-state index is 0.242. The largest absolute Gasteiger partial charge is 0.370 e. The Labute approximate surface area is 109 Å². The molecule has 4 nitrogen and oxygen atoms in total. The van der Waals surface area contributed by atoms with Gasteiger partial charge in [0, 0.05) is 12.7 Å². The molecular weight excluding hydrogens is 226 g/mol. The molecule has 1 atom stereocenters. The van der Waals surface area contributed by atoms with E-state index in [-0.39, 0.29) is 5.60 Å². The summed E-state index contributed by atoms with van der Waals surface area (Å²) in [6.07, 6.45) is 10.1. The standard InChI is InChI=1S/C14H23N3O/c1-15-10-12-5-9-17(16-12)11-13-4-8-14(18-13)6-2-3-7-14/h5,9,13,15H,2-4,6-8,10-11H2,1H3. The molecule has 1 aromatic rings. The van der Waals surface area contributed by atoms with Gasteiger partial charge in [-0.1, -0.05) is 12.8 Å². The summed E-state index contributed by atoms with van der Waals surface area (Å²) in [7, 11) is 1.95. The predicted octanol–water partition coefficient (Wildman–Crippen LogP) is 2.09. The summed E-state index contributed by atoms with van der Waals surface area (Å²) in [5.41, 5.74) is 1.34. The number of hydrogen-bond acceptors (Lipinski definition) is 3. The molecule has 0 radical (unpaired) electrons. The number of nitrogens with zero attached hydrogens (tertiary/aromatic N) is 2. The monoisotopic (exact) mass is 249 g/mol. The first-order valence-corrected chi connectivity index (χ1v) is 7.14. The van der Waals surface area contributed by atoms with Crippen LogP contribution >= 0.6 is 0 Å². The fourth-order valence-electron chi connectivity index (χ4n) is 3.40. The molecule has 4 heteroatoms. The predicted molar refractivity (Wildman–Crippen MR) is 70.3 cm³/mol. The van der Waals surface area contributed by atoms with Crippen molar-refractivity contribution >= 4 is 0 Å². The van der Waals surface area contributed by atoms with Crippen LogP contribution in [0, 0.1) is 0 Å². The van der Waals surface area contributed by atoms with Crippen LogP contribution in [-0.2, 0) is 17.8 Å². The molecular formula is C14H23N3O. The van der Waals surface area contributed by atoms with E-state index < -0.39 is 0 Å². The van der Waals surface area contributed by atoms with Crippen molar-refractivity contribution in [3.8, 4) is 0 Å². The molecule has 0 aromatic carbocycles. The Morgan fingerprint density at radius 2 is 2.28 bits per heavy atom. The van der Waals surface area contributed by atoms with Crippen LogP contribution in [0.5, 0.6) is 0 Å². The summed E-state index contributed by atoms with van der Waals surface area (Å²) >= 11 is 0. The zero-order chi connectivity index (χ0) is 12.4. The molecule has 18 heavy (non-hydrogen) atoms. The van der Waals surface area contributed by atoms with Gasteiger partial charge in [0.25, 0.3) is 0 Å². The minimum Gasteiger partial charge on any atom is -0.370 e. The Kier molecular flexibility index (Phi) is 3.39. The van der Waals surface area contributed by atoms with Crippen LogP contribution in [0.4, 0.5) is 0 Å². The molecule has 100 valence electrons. The maximum Gasteiger partial charge on any atom is 0.0779 e. The summed E-state index contributed by atoms with van der Waals surface area (Å²) in [4.78, 5) is 0. The third kappa shape index (κ3) is 2.45. The van der Waals surface area contributed by atoms with E-state index in [4.69, 9.17) is 4.74 Å². The zero-order valence-electron chi connectivity index (χ0n) is 11.2. The number of rotatable bonds is 4. The van der Waals surface area contributed by atoms with Crippen molar-refractivity contribution in [3.63, 3.8) is 0 Å².